The number of aromatic nitrogens is 4. The predicted octanol–water partition coefficient (Wildman–Crippen LogP) is 2.84. The van der Waals surface area contributed by atoms with Gasteiger partial charge in [0.25, 0.3) is 0 Å². The Hall–Kier alpha value is -2.63. The molecule has 1 amide bonds. The third kappa shape index (κ3) is 2.91. The summed E-state index contributed by atoms with van der Waals surface area (Å²) in [5.41, 5.74) is 3.00. The minimum absolute atomic E-state index is 0.0301. The molecule has 3 aromatic heterocycles. The Morgan fingerprint density at radius 2 is 2.04 bits per heavy atom. The maximum atomic E-state index is 12.5. The third-order valence-corrected chi connectivity index (χ3v) is 4.26. The number of nitrogens with one attached hydrogen (secondary N) is 1. The number of hydrogen-bond acceptors (Lipinski definition) is 3. The molecular weight excluding hydrogens is 302 g/mol. The fraction of sp³-hybridized carbons (Fsp3) is 0.389. The van der Waals surface area contributed by atoms with E-state index in [0.29, 0.717) is 6.54 Å². The van der Waals surface area contributed by atoms with E-state index in [4.69, 9.17) is 0 Å². The summed E-state index contributed by atoms with van der Waals surface area (Å²) < 4.78 is 3.94. The van der Waals surface area contributed by atoms with Gasteiger partial charge in [-0.05, 0) is 25.5 Å². The lowest BCUT2D eigenvalue weighted by atomic mass is 10.2. The van der Waals surface area contributed by atoms with Crippen LogP contribution in [0.5, 0.6) is 0 Å². The number of fused-ring (bicyclic) bond motifs is 1. The van der Waals surface area contributed by atoms with Crippen molar-refractivity contribution >= 4 is 11.6 Å². The van der Waals surface area contributed by atoms with Crippen molar-refractivity contribution in [2.45, 2.75) is 46.2 Å². The van der Waals surface area contributed by atoms with Crippen molar-refractivity contribution in [3.8, 4) is 0 Å². The molecule has 126 valence electrons. The van der Waals surface area contributed by atoms with Gasteiger partial charge in [0.15, 0.2) is 0 Å². The molecule has 3 rings (SSSR count). The van der Waals surface area contributed by atoms with E-state index in [9.17, 15) is 4.79 Å². The molecule has 0 radical (unpaired) electrons. The van der Waals surface area contributed by atoms with E-state index in [1.165, 1.54) is 0 Å². The zero-order chi connectivity index (χ0) is 17.3. The third-order valence-electron chi connectivity index (χ3n) is 4.26. The van der Waals surface area contributed by atoms with Gasteiger partial charge in [0.2, 0.25) is 5.91 Å². The van der Waals surface area contributed by atoms with Gasteiger partial charge in [-0.15, -0.1) is 0 Å². The van der Waals surface area contributed by atoms with Gasteiger partial charge in [0.05, 0.1) is 18.4 Å². The molecule has 3 heterocycles. The molecular formula is C18H23N5O. The zero-order valence-corrected chi connectivity index (χ0v) is 14.5. The second kappa shape index (κ2) is 6.47. The van der Waals surface area contributed by atoms with Crippen molar-refractivity contribution in [2.24, 2.45) is 0 Å². The highest BCUT2D eigenvalue weighted by Crippen LogP contribution is 2.17. The van der Waals surface area contributed by atoms with Crippen LogP contribution in [0.15, 0.2) is 36.9 Å². The van der Waals surface area contributed by atoms with Crippen LogP contribution in [0.2, 0.25) is 0 Å². The Balaban J connectivity index is 1.73. The highest BCUT2D eigenvalue weighted by atomic mass is 16.2. The minimum atomic E-state index is -0.300. The number of imidazole rings is 2. The van der Waals surface area contributed by atoms with Crippen LogP contribution in [0, 0.1) is 6.92 Å². The average Bonchev–Trinajstić information content (AvgIpc) is 3.19. The lowest BCUT2D eigenvalue weighted by molar-refractivity contribution is -0.124. The Bertz CT molecular complexity index is 861. The second-order valence-corrected chi connectivity index (χ2v) is 6.38. The summed E-state index contributed by atoms with van der Waals surface area (Å²) in [7, 11) is 0. The topological polar surface area (TPSA) is 64.2 Å². The number of rotatable bonds is 5. The predicted molar refractivity (Wildman–Crippen MR) is 92.8 cm³/mol. The summed E-state index contributed by atoms with van der Waals surface area (Å²) in [5.74, 6) is 1.16. The van der Waals surface area contributed by atoms with Crippen LogP contribution in [0.1, 0.15) is 49.8 Å². The van der Waals surface area contributed by atoms with Crippen molar-refractivity contribution in [2.75, 3.05) is 0 Å². The van der Waals surface area contributed by atoms with Crippen LogP contribution < -0.4 is 5.32 Å². The molecule has 6 nitrogen and oxygen atoms in total. The van der Waals surface area contributed by atoms with Gasteiger partial charge in [-0.3, -0.25) is 4.79 Å². The van der Waals surface area contributed by atoms with Crippen LogP contribution >= 0.6 is 0 Å². The Kier molecular flexibility index (Phi) is 4.38. The quantitative estimate of drug-likeness (QED) is 0.784. The summed E-state index contributed by atoms with van der Waals surface area (Å²) >= 11 is 0. The zero-order valence-electron chi connectivity index (χ0n) is 14.5. The van der Waals surface area contributed by atoms with Gasteiger partial charge in [-0.1, -0.05) is 19.9 Å². The van der Waals surface area contributed by atoms with Gasteiger partial charge < -0.3 is 14.3 Å². The van der Waals surface area contributed by atoms with E-state index in [1.807, 2.05) is 53.5 Å². The number of nitrogens with zero attached hydrogens (tertiary/aromatic N) is 4. The largest absolute Gasteiger partial charge is 0.349 e. The average molecular weight is 325 g/mol. The van der Waals surface area contributed by atoms with Crippen LogP contribution in [-0.2, 0) is 11.3 Å². The molecule has 1 N–H and O–H groups in total. The van der Waals surface area contributed by atoms with Gasteiger partial charge in [0, 0.05) is 24.5 Å². The summed E-state index contributed by atoms with van der Waals surface area (Å²) in [6.45, 7) is 8.51. The summed E-state index contributed by atoms with van der Waals surface area (Å²) in [6, 6.07) is 3.71. The lowest BCUT2D eigenvalue weighted by Gasteiger charge is -2.17. The molecule has 0 spiro atoms. The first-order valence-corrected chi connectivity index (χ1v) is 8.21. The standard InChI is InChI=1S/C18H23N5O/c1-12(2)16-19-7-9-22(16)14(4)18(24)21-11-15-10-20-17-13(3)6-5-8-23(15)17/h5-10,12,14H,11H2,1-4H3,(H,21,24)/t14-/m0/s1. The minimum Gasteiger partial charge on any atom is -0.349 e. The molecule has 0 bridgehead atoms. The lowest BCUT2D eigenvalue weighted by Crippen LogP contribution is -2.31. The van der Waals surface area contributed by atoms with Crippen molar-refractivity contribution in [3.05, 3.63) is 54.0 Å². The van der Waals surface area contributed by atoms with Crippen molar-refractivity contribution in [1.82, 2.24) is 24.3 Å². The second-order valence-electron chi connectivity index (χ2n) is 6.38. The summed E-state index contributed by atoms with van der Waals surface area (Å²) in [6.07, 6.45) is 7.38. The van der Waals surface area contributed by atoms with Crippen LogP contribution in [0.25, 0.3) is 5.65 Å². The smallest absolute Gasteiger partial charge is 0.243 e. The number of amides is 1. The first kappa shape index (κ1) is 16.2. The van der Waals surface area contributed by atoms with Gasteiger partial charge in [-0.25, -0.2) is 9.97 Å². The van der Waals surface area contributed by atoms with Crippen molar-refractivity contribution < 1.29 is 4.79 Å². The van der Waals surface area contributed by atoms with E-state index < -0.39 is 0 Å². The monoisotopic (exact) mass is 325 g/mol. The fourth-order valence-corrected chi connectivity index (χ4v) is 2.88. The van der Waals surface area contributed by atoms with Crippen molar-refractivity contribution in [3.63, 3.8) is 0 Å². The maximum absolute atomic E-state index is 12.5. The fourth-order valence-electron chi connectivity index (χ4n) is 2.88. The van der Waals surface area contributed by atoms with Gasteiger partial charge >= 0.3 is 0 Å². The van der Waals surface area contributed by atoms with E-state index in [2.05, 4.69) is 29.1 Å². The Labute approximate surface area is 141 Å². The molecule has 1 atom stereocenters. The van der Waals surface area contributed by atoms with Gasteiger partial charge in [-0.2, -0.15) is 0 Å². The molecule has 0 aliphatic rings. The van der Waals surface area contributed by atoms with E-state index in [1.54, 1.807) is 6.20 Å². The highest BCUT2D eigenvalue weighted by molar-refractivity contribution is 5.79. The number of carbonyl (C=O) groups is 1. The summed E-state index contributed by atoms with van der Waals surface area (Å²) in [5, 5.41) is 3.00. The molecule has 0 aromatic carbocycles. The first-order valence-electron chi connectivity index (χ1n) is 8.21. The Morgan fingerprint density at radius 1 is 1.25 bits per heavy atom. The van der Waals surface area contributed by atoms with E-state index >= 15 is 0 Å². The number of aryl methyl sites for hydroxylation is 1. The van der Waals surface area contributed by atoms with Gasteiger partial charge in [0.1, 0.15) is 17.5 Å². The SMILES string of the molecule is Cc1cccn2c(CNC(=O)[C@H](C)n3ccnc3C(C)C)cnc12. The van der Waals surface area contributed by atoms with Crippen molar-refractivity contribution in [1.29, 1.82) is 0 Å². The first-order chi connectivity index (χ1) is 11.5. The summed E-state index contributed by atoms with van der Waals surface area (Å²) in [4.78, 5) is 21.3. The maximum Gasteiger partial charge on any atom is 0.243 e. The molecule has 0 unspecified atom stereocenters. The number of pyridine rings is 1. The normalized spacial score (nSPS) is 12.7. The molecule has 3 aromatic rings. The number of carbonyl (C=O) groups excluding carboxylic acids is 1. The molecule has 0 aliphatic heterocycles. The van der Waals surface area contributed by atoms with Crippen LogP contribution in [0.3, 0.4) is 0 Å². The molecule has 0 fully saturated rings. The Morgan fingerprint density at radius 3 is 2.79 bits per heavy atom. The number of hydrogen-bond donors (Lipinski definition) is 1. The van der Waals surface area contributed by atoms with E-state index in [0.717, 1.165) is 22.7 Å². The molecule has 0 saturated carbocycles. The van der Waals surface area contributed by atoms with Crippen LogP contribution in [-0.4, -0.2) is 24.8 Å². The molecule has 24 heavy (non-hydrogen) atoms. The highest BCUT2D eigenvalue weighted by Gasteiger charge is 2.19. The van der Waals surface area contributed by atoms with E-state index in [-0.39, 0.29) is 17.9 Å². The molecule has 0 saturated heterocycles. The molecule has 0 aliphatic carbocycles. The molecule has 6 heteroatoms. The van der Waals surface area contributed by atoms with Crippen LogP contribution in [0.4, 0.5) is 0 Å².